The molecule has 0 N–H and O–H groups in total. The Hall–Kier alpha value is -5.48. The molecule has 4 heteroatoms. The second-order valence-electron chi connectivity index (χ2n) is 25.7. The quantitative estimate of drug-likeness (QED) is 0.165. The molecule has 6 aromatic carbocycles. The van der Waals surface area contributed by atoms with E-state index in [0.717, 1.165) is 36.4 Å². The fourth-order valence-corrected chi connectivity index (χ4v) is 12.4. The summed E-state index contributed by atoms with van der Waals surface area (Å²) in [6, 6.07) is 43.0. The van der Waals surface area contributed by atoms with E-state index in [1.165, 1.54) is 101 Å². The number of hydrogen-bond donors (Lipinski definition) is 0. The third-order valence-corrected chi connectivity index (χ3v) is 17.0. The van der Waals surface area contributed by atoms with Gasteiger partial charge in [-0.3, -0.25) is 4.90 Å². The topological polar surface area (TPSA) is 19.6 Å². The molecule has 2 aliphatic heterocycles. The van der Waals surface area contributed by atoms with E-state index in [0.29, 0.717) is 0 Å². The molecule has 0 saturated heterocycles. The summed E-state index contributed by atoms with van der Waals surface area (Å²) in [6.45, 7) is 35.9. The van der Waals surface area contributed by atoms with Crippen molar-refractivity contribution in [1.82, 2.24) is 0 Å². The summed E-state index contributed by atoms with van der Waals surface area (Å²) < 4.78 is 7.32. The van der Waals surface area contributed by atoms with Gasteiger partial charge in [-0.2, -0.15) is 0 Å². The zero-order valence-corrected chi connectivity index (χ0v) is 43.1. The van der Waals surface area contributed by atoms with Crippen LogP contribution in [0.3, 0.4) is 0 Å². The first-order valence-corrected chi connectivity index (χ1v) is 25.2. The van der Waals surface area contributed by atoms with Gasteiger partial charge in [0.25, 0.3) is 6.71 Å². The van der Waals surface area contributed by atoms with Crippen molar-refractivity contribution in [3.8, 4) is 11.1 Å². The van der Waals surface area contributed by atoms with Crippen LogP contribution in [-0.2, 0) is 32.5 Å². The van der Waals surface area contributed by atoms with Crippen LogP contribution in [-0.4, -0.2) is 6.71 Å². The lowest BCUT2D eigenvalue weighted by molar-refractivity contribution is 0.332. The van der Waals surface area contributed by atoms with Crippen LogP contribution >= 0.6 is 0 Å². The van der Waals surface area contributed by atoms with Gasteiger partial charge in [0.05, 0.1) is 5.69 Å². The predicted molar refractivity (Wildman–Crippen MR) is 288 cm³/mol. The zero-order chi connectivity index (χ0) is 47.5. The third-order valence-electron chi connectivity index (χ3n) is 17.0. The van der Waals surface area contributed by atoms with Gasteiger partial charge in [0.1, 0.15) is 5.58 Å². The summed E-state index contributed by atoms with van der Waals surface area (Å²) in [4.78, 5) is 5.19. The Morgan fingerprint density at radius 2 is 1.00 bits per heavy atom. The van der Waals surface area contributed by atoms with Crippen LogP contribution < -0.4 is 26.2 Å². The van der Waals surface area contributed by atoms with E-state index in [9.17, 15) is 0 Å². The molecule has 0 amide bonds. The summed E-state index contributed by atoms with van der Waals surface area (Å²) >= 11 is 0. The average Bonchev–Trinajstić information content (AvgIpc) is 3.64. The molecule has 67 heavy (non-hydrogen) atoms. The van der Waals surface area contributed by atoms with Crippen molar-refractivity contribution in [3.63, 3.8) is 0 Å². The molecule has 1 aromatic heterocycles. The highest BCUT2D eigenvalue weighted by Crippen LogP contribution is 2.55. The molecule has 0 atom stereocenters. The molecule has 2 aliphatic carbocycles. The minimum atomic E-state index is -0.0623. The Morgan fingerprint density at radius 3 is 1.57 bits per heavy atom. The SMILES string of the molecule is Cc1cc2c3c(c1)N(c1ccc(C(C)(C)C)cc1)c1oc4ccc(C(C)(C)C)cc4c1B3c1cc3c(cc1N2c1cc2c(cc1-c1ccccc1)C(C)(C)CCC2(C)C)C(C)(C)CCC3(C)C. The smallest absolute Gasteiger partial charge is 0.257 e. The van der Waals surface area contributed by atoms with E-state index in [4.69, 9.17) is 4.42 Å². The lowest BCUT2D eigenvalue weighted by Gasteiger charge is -2.48. The van der Waals surface area contributed by atoms with Gasteiger partial charge in [-0.05, 0) is 175 Å². The fourth-order valence-electron chi connectivity index (χ4n) is 12.4. The van der Waals surface area contributed by atoms with Crippen molar-refractivity contribution in [2.24, 2.45) is 0 Å². The number of aryl methyl sites for hydroxylation is 1. The Labute approximate surface area is 402 Å². The molecule has 0 fully saturated rings. The molecule has 0 radical (unpaired) electrons. The number of furan rings is 1. The molecule has 3 nitrogen and oxygen atoms in total. The van der Waals surface area contributed by atoms with E-state index in [2.05, 4.69) is 223 Å². The predicted octanol–water partition coefficient (Wildman–Crippen LogP) is 15.8. The standard InChI is InChI=1S/C63H71BN2O/c1-38-31-52-56-53(32-38)66(50-36-47-45(60(8,9)27-29-62(47,12)13)34-43(50)39-19-17-16-18-20-39)51-37-48-46(61(10,11)28-30-63(48,14)15)35-49(51)64(56)55-44-33-41(59(5,6)7)23-26-54(44)67-57(55)65(52)42-24-21-40(22-25-42)58(2,3)4/h16-26,31-37H,27-30H2,1-15H3. The molecule has 3 heterocycles. The summed E-state index contributed by atoms with van der Waals surface area (Å²) in [6.07, 6.45) is 4.63. The van der Waals surface area contributed by atoms with Crippen LogP contribution in [0, 0.1) is 6.92 Å². The number of anilines is 6. The fraction of sp³-hybridized carbons (Fsp3) is 0.397. The molecule has 0 bridgehead atoms. The van der Waals surface area contributed by atoms with Gasteiger partial charge in [0.2, 0.25) is 5.88 Å². The highest BCUT2D eigenvalue weighted by Gasteiger charge is 2.49. The van der Waals surface area contributed by atoms with Crippen molar-refractivity contribution >= 4 is 68.4 Å². The Kier molecular flexibility index (Phi) is 9.39. The monoisotopic (exact) mass is 883 g/mol. The first-order chi connectivity index (χ1) is 31.4. The molecule has 11 rings (SSSR count). The molecule has 0 unspecified atom stereocenters. The van der Waals surface area contributed by atoms with Gasteiger partial charge in [-0.1, -0.05) is 152 Å². The van der Waals surface area contributed by atoms with Crippen molar-refractivity contribution < 1.29 is 4.42 Å². The second kappa shape index (κ2) is 14.3. The average molecular weight is 883 g/mol. The zero-order valence-electron chi connectivity index (χ0n) is 43.1. The van der Waals surface area contributed by atoms with Gasteiger partial charge in [-0.15, -0.1) is 0 Å². The van der Waals surface area contributed by atoms with E-state index < -0.39 is 0 Å². The number of benzene rings is 6. The lowest BCUT2D eigenvalue weighted by atomic mass is 9.33. The van der Waals surface area contributed by atoms with Crippen LogP contribution in [0.15, 0.2) is 114 Å². The summed E-state index contributed by atoms with van der Waals surface area (Å²) in [5.74, 6) is 0.929. The maximum atomic E-state index is 7.32. The van der Waals surface area contributed by atoms with Gasteiger partial charge >= 0.3 is 0 Å². The van der Waals surface area contributed by atoms with E-state index in [1.807, 2.05) is 0 Å². The van der Waals surface area contributed by atoms with Crippen molar-refractivity contribution in [3.05, 3.63) is 148 Å². The van der Waals surface area contributed by atoms with Gasteiger partial charge in [-0.25, -0.2) is 0 Å². The van der Waals surface area contributed by atoms with Crippen molar-refractivity contribution in [2.75, 3.05) is 9.80 Å². The Morgan fingerprint density at radius 1 is 0.493 bits per heavy atom. The molecule has 342 valence electrons. The Bertz CT molecular complexity index is 3160. The van der Waals surface area contributed by atoms with E-state index in [-0.39, 0.29) is 39.2 Å². The largest absolute Gasteiger partial charge is 0.440 e. The molecule has 4 aliphatic rings. The maximum Gasteiger partial charge on any atom is 0.257 e. The Balaban J connectivity index is 1.31. The van der Waals surface area contributed by atoms with Crippen LogP contribution in [0.2, 0.25) is 0 Å². The minimum absolute atomic E-state index is 0.0193. The lowest BCUT2D eigenvalue weighted by Crippen LogP contribution is -2.61. The number of rotatable bonds is 3. The van der Waals surface area contributed by atoms with E-state index in [1.54, 1.807) is 0 Å². The molecular formula is C63H71BN2O. The number of fused-ring (bicyclic) bond motifs is 8. The molecular weight excluding hydrogens is 812 g/mol. The third kappa shape index (κ3) is 6.73. The van der Waals surface area contributed by atoms with Crippen LogP contribution in [0.4, 0.5) is 34.3 Å². The highest BCUT2D eigenvalue weighted by atomic mass is 16.4. The first kappa shape index (κ1) is 44.1. The number of hydrogen-bond acceptors (Lipinski definition) is 3. The van der Waals surface area contributed by atoms with Gasteiger partial charge in [0.15, 0.2) is 0 Å². The summed E-state index contributed by atoms with van der Waals surface area (Å²) in [5.41, 5.74) is 23.5. The minimum Gasteiger partial charge on any atom is -0.440 e. The van der Waals surface area contributed by atoms with Crippen molar-refractivity contribution in [2.45, 2.75) is 162 Å². The van der Waals surface area contributed by atoms with Crippen LogP contribution in [0.1, 0.15) is 162 Å². The number of nitrogens with zero attached hydrogens (tertiary/aromatic N) is 2. The maximum absolute atomic E-state index is 7.32. The van der Waals surface area contributed by atoms with Crippen molar-refractivity contribution in [1.29, 1.82) is 0 Å². The van der Waals surface area contributed by atoms with Crippen LogP contribution in [0.5, 0.6) is 0 Å². The molecule has 0 saturated carbocycles. The second-order valence-corrected chi connectivity index (χ2v) is 25.7. The highest BCUT2D eigenvalue weighted by molar-refractivity contribution is 7.01. The van der Waals surface area contributed by atoms with E-state index >= 15 is 0 Å². The molecule has 7 aromatic rings. The first-order valence-electron chi connectivity index (χ1n) is 25.2. The molecule has 0 spiro atoms. The van der Waals surface area contributed by atoms with Gasteiger partial charge < -0.3 is 9.32 Å². The normalized spacial score (nSPS) is 18.5. The van der Waals surface area contributed by atoms with Gasteiger partial charge in [0, 0.05) is 39.2 Å². The van der Waals surface area contributed by atoms with Crippen LogP contribution in [0.25, 0.3) is 22.1 Å². The summed E-state index contributed by atoms with van der Waals surface area (Å²) in [7, 11) is 0. The summed E-state index contributed by atoms with van der Waals surface area (Å²) in [5, 5.41) is 1.21.